The highest BCUT2D eigenvalue weighted by atomic mass is 32.1. The molecule has 4 nitrogen and oxygen atoms in total. The quantitative estimate of drug-likeness (QED) is 0.512. The van der Waals surface area contributed by atoms with Crippen molar-refractivity contribution in [1.29, 1.82) is 0 Å². The van der Waals surface area contributed by atoms with Crippen molar-refractivity contribution in [2.45, 2.75) is 18.4 Å². The smallest absolute Gasteiger partial charge is 0.436 e. The number of nitrogens with zero attached hydrogens (tertiary/aromatic N) is 1. The number of amides is 1. The molecule has 5 heteroatoms. The van der Waals surface area contributed by atoms with Crippen molar-refractivity contribution >= 4 is 23.3 Å². The molecule has 0 bridgehead atoms. The summed E-state index contributed by atoms with van der Waals surface area (Å²) < 4.78 is 5.68. The van der Waals surface area contributed by atoms with Gasteiger partial charge >= 0.3 is 6.09 Å². The van der Waals surface area contributed by atoms with Gasteiger partial charge in [0.1, 0.15) is 0 Å². The number of hydrogen-bond donors (Lipinski definition) is 0. The number of hydrogen-bond acceptors (Lipinski definition) is 4. The van der Waals surface area contributed by atoms with Gasteiger partial charge < -0.3 is 4.74 Å². The number of carbonyl (C=O) groups excluding carboxylic acids is 1. The summed E-state index contributed by atoms with van der Waals surface area (Å²) >= 11 is 5.60. The predicted molar refractivity (Wildman–Crippen MR) is 116 cm³/mol. The number of ether oxygens (including phenoxy) is 1. The maximum Gasteiger partial charge on any atom is 0.440 e. The molecular weight excluding hydrogens is 382 g/mol. The van der Waals surface area contributed by atoms with Gasteiger partial charge in [0.2, 0.25) is 0 Å². The standard InChI is InChI=1S/C24H21NO3S/c26-24-25(27-17-16-18-10-4-1-5-11-18)23(29)22(28-24)21(19-12-6-2-7-13-19)20-14-8-3-9-15-20/h1-15,21-22H,16-17H2. The molecular formula is C24H21NO3S. The van der Waals surface area contributed by atoms with Gasteiger partial charge in [-0.1, -0.05) is 103 Å². The number of carbonyl (C=O) groups is 1. The van der Waals surface area contributed by atoms with Crippen molar-refractivity contribution in [1.82, 2.24) is 5.06 Å². The summed E-state index contributed by atoms with van der Waals surface area (Å²) in [5.41, 5.74) is 3.20. The summed E-state index contributed by atoms with van der Waals surface area (Å²) in [4.78, 5) is 18.5. The fourth-order valence-corrected chi connectivity index (χ4v) is 3.81. The molecule has 0 N–H and O–H groups in total. The van der Waals surface area contributed by atoms with Crippen molar-refractivity contribution in [3.8, 4) is 0 Å². The molecule has 0 radical (unpaired) electrons. The minimum atomic E-state index is -0.598. The van der Waals surface area contributed by atoms with Crippen LogP contribution >= 0.6 is 12.2 Å². The van der Waals surface area contributed by atoms with Crippen LogP contribution in [0.4, 0.5) is 4.79 Å². The van der Waals surface area contributed by atoms with E-state index in [4.69, 9.17) is 21.8 Å². The van der Waals surface area contributed by atoms with Crippen LogP contribution in [0.15, 0.2) is 91.0 Å². The topological polar surface area (TPSA) is 38.8 Å². The van der Waals surface area contributed by atoms with Gasteiger partial charge in [-0.2, -0.15) is 0 Å². The molecule has 1 heterocycles. The second-order valence-electron chi connectivity index (χ2n) is 6.80. The first kappa shape index (κ1) is 19.3. The van der Waals surface area contributed by atoms with Gasteiger partial charge in [0.05, 0.1) is 12.5 Å². The van der Waals surface area contributed by atoms with E-state index in [1.807, 2.05) is 91.0 Å². The molecule has 0 aliphatic carbocycles. The highest BCUT2D eigenvalue weighted by Crippen LogP contribution is 2.34. The zero-order valence-corrected chi connectivity index (χ0v) is 16.6. The number of benzene rings is 3. The van der Waals surface area contributed by atoms with Crippen molar-refractivity contribution in [2.24, 2.45) is 0 Å². The molecule has 0 aromatic heterocycles. The normalized spacial score (nSPS) is 16.3. The van der Waals surface area contributed by atoms with Crippen molar-refractivity contribution in [2.75, 3.05) is 6.61 Å². The first-order valence-corrected chi connectivity index (χ1v) is 9.96. The van der Waals surface area contributed by atoms with E-state index in [-0.39, 0.29) is 5.92 Å². The van der Waals surface area contributed by atoms with Crippen LogP contribution in [-0.4, -0.2) is 28.9 Å². The van der Waals surface area contributed by atoms with E-state index in [0.717, 1.165) is 21.8 Å². The fraction of sp³-hybridized carbons (Fsp3) is 0.167. The first-order chi connectivity index (χ1) is 14.2. The molecule has 1 aliphatic rings. The zero-order chi connectivity index (χ0) is 20.1. The zero-order valence-electron chi connectivity index (χ0n) is 15.8. The lowest BCUT2D eigenvalue weighted by molar-refractivity contribution is -0.0638. The van der Waals surface area contributed by atoms with Gasteiger partial charge in [-0.05, 0) is 23.1 Å². The summed E-state index contributed by atoms with van der Waals surface area (Å²) in [5, 5.41) is 1.13. The lowest BCUT2D eigenvalue weighted by atomic mass is 9.86. The van der Waals surface area contributed by atoms with Crippen molar-refractivity contribution in [3.05, 3.63) is 108 Å². The monoisotopic (exact) mass is 403 g/mol. The van der Waals surface area contributed by atoms with Gasteiger partial charge in [-0.25, -0.2) is 4.79 Å². The van der Waals surface area contributed by atoms with Crippen LogP contribution in [0.5, 0.6) is 0 Å². The molecule has 0 spiro atoms. The molecule has 1 unspecified atom stereocenters. The Morgan fingerprint density at radius 2 is 1.38 bits per heavy atom. The number of thiocarbonyl (C=S) groups is 1. The average Bonchev–Trinajstić information content (AvgIpc) is 3.04. The highest BCUT2D eigenvalue weighted by Gasteiger charge is 2.44. The van der Waals surface area contributed by atoms with E-state index >= 15 is 0 Å². The summed E-state index contributed by atoms with van der Waals surface area (Å²) in [5.74, 6) is -0.198. The van der Waals surface area contributed by atoms with Crippen LogP contribution in [0.25, 0.3) is 0 Å². The molecule has 1 fully saturated rings. The van der Waals surface area contributed by atoms with Gasteiger partial charge in [-0.15, -0.1) is 5.06 Å². The minimum Gasteiger partial charge on any atom is -0.436 e. The molecule has 146 valence electrons. The third kappa shape index (κ3) is 4.36. The lowest BCUT2D eigenvalue weighted by Crippen LogP contribution is -2.33. The number of hydroxylamine groups is 2. The molecule has 0 saturated carbocycles. The van der Waals surface area contributed by atoms with Crippen LogP contribution in [0, 0.1) is 0 Å². The van der Waals surface area contributed by atoms with Crippen LogP contribution < -0.4 is 0 Å². The van der Waals surface area contributed by atoms with Crippen LogP contribution in [0.3, 0.4) is 0 Å². The first-order valence-electron chi connectivity index (χ1n) is 9.55. The number of cyclic esters (lactones) is 1. The van der Waals surface area contributed by atoms with E-state index in [1.54, 1.807) is 0 Å². The highest BCUT2D eigenvalue weighted by molar-refractivity contribution is 7.80. The Hall–Kier alpha value is -3.02. The van der Waals surface area contributed by atoms with Gasteiger partial charge in [0.25, 0.3) is 0 Å². The molecule has 1 saturated heterocycles. The lowest BCUT2D eigenvalue weighted by Gasteiger charge is -2.23. The summed E-state index contributed by atoms with van der Waals surface area (Å²) in [6.07, 6.45) is -0.484. The molecule has 4 rings (SSSR count). The third-order valence-electron chi connectivity index (χ3n) is 4.91. The largest absolute Gasteiger partial charge is 0.440 e. The summed E-state index contributed by atoms with van der Waals surface area (Å²) in [6.45, 7) is 0.341. The van der Waals surface area contributed by atoms with Crippen LogP contribution in [0.2, 0.25) is 0 Å². The van der Waals surface area contributed by atoms with Gasteiger partial charge in [-0.3, -0.25) is 4.84 Å². The van der Waals surface area contributed by atoms with Crippen molar-refractivity contribution < 1.29 is 14.4 Å². The van der Waals surface area contributed by atoms with E-state index in [1.165, 1.54) is 0 Å². The van der Waals surface area contributed by atoms with Crippen LogP contribution in [-0.2, 0) is 16.0 Å². The van der Waals surface area contributed by atoms with E-state index in [0.29, 0.717) is 18.0 Å². The van der Waals surface area contributed by atoms with Gasteiger partial charge in [0.15, 0.2) is 11.1 Å². The van der Waals surface area contributed by atoms with Crippen LogP contribution in [0.1, 0.15) is 22.6 Å². The Bertz CT molecular complexity index is 924. The Morgan fingerprint density at radius 1 is 0.862 bits per heavy atom. The molecule has 1 atom stereocenters. The summed E-state index contributed by atoms with van der Waals surface area (Å²) in [6, 6.07) is 29.9. The van der Waals surface area contributed by atoms with Gasteiger partial charge in [0, 0.05) is 0 Å². The SMILES string of the molecule is O=C1OC(C(c2ccccc2)c2ccccc2)C(=S)N1OCCc1ccccc1. The van der Waals surface area contributed by atoms with E-state index in [9.17, 15) is 4.79 Å². The van der Waals surface area contributed by atoms with Crippen molar-refractivity contribution in [3.63, 3.8) is 0 Å². The van der Waals surface area contributed by atoms with E-state index in [2.05, 4.69) is 0 Å². The average molecular weight is 404 g/mol. The molecule has 3 aromatic carbocycles. The summed E-state index contributed by atoms with van der Waals surface area (Å²) in [7, 11) is 0. The Balaban J connectivity index is 1.52. The maximum atomic E-state index is 12.5. The Kier molecular flexibility index (Phi) is 5.98. The molecule has 1 amide bonds. The number of rotatable bonds is 7. The second kappa shape index (κ2) is 8.99. The Labute approximate surface area is 175 Å². The van der Waals surface area contributed by atoms with E-state index < -0.39 is 12.2 Å². The molecule has 29 heavy (non-hydrogen) atoms. The molecule has 3 aromatic rings. The Morgan fingerprint density at radius 3 is 1.93 bits per heavy atom. The maximum absolute atomic E-state index is 12.5. The predicted octanol–water partition coefficient (Wildman–Crippen LogP) is 5.14. The fourth-order valence-electron chi connectivity index (χ4n) is 3.50. The molecule has 1 aliphatic heterocycles. The second-order valence-corrected chi connectivity index (χ2v) is 7.22. The minimum absolute atomic E-state index is 0.198. The third-order valence-corrected chi connectivity index (χ3v) is 5.31.